The van der Waals surface area contributed by atoms with E-state index < -0.39 is 21.8 Å². The summed E-state index contributed by atoms with van der Waals surface area (Å²) >= 11 is 0. The molecule has 0 aliphatic rings. The highest BCUT2D eigenvalue weighted by Gasteiger charge is 2.05. The van der Waals surface area contributed by atoms with Gasteiger partial charge < -0.3 is 9.29 Å². The van der Waals surface area contributed by atoms with Crippen LogP contribution in [0.15, 0.2) is 48.5 Å². The van der Waals surface area contributed by atoms with Crippen molar-refractivity contribution in [3.63, 3.8) is 0 Å². The molecule has 0 N–H and O–H groups in total. The SMILES string of the molecule is CC.CCOC(=O)CS(=O)(=O)[O-].c1ccc2ccccc2c1. The summed E-state index contributed by atoms with van der Waals surface area (Å²) in [6.07, 6.45) is 0. The zero-order chi connectivity index (χ0) is 17.0. The van der Waals surface area contributed by atoms with Crippen molar-refractivity contribution < 1.29 is 22.5 Å². The van der Waals surface area contributed by atoms with Gasteiger partial charge in [0.1, 0.15) is 15.9 Å². The molecule has 0 atom stereocenters. The van der Waals surface area contributed by atoms with Crippen LogP contribution >= 0.6 is 0 Å². The first-order valence-corrected chi connectivity index (χ1v) is 8.53. The van der Waals surface area contributed by atoms with Gasteiger partial charge in [0, 0.05) is 0 Å². The number of esters is 1. The fraction of sp³-hybridized carbons (Fsp3) is 0.312. The van der Waals surface area contributed by atoms with E-state index in [2.05, 4.69) is 53.3 Å². The van der Waals surface area contributed by atoms with E-state index in [1.54, 1.807) is 0 Å². The van der Waals surface area contributed by atoms with Crippen LogP contribution < -0.4 is 0 Å². The van der Waals surface area contributed by atoms with Crippen LogP contribution in [0.1, 0.15) is 20.8 Å². The summed E-state index contributed by atoms with van der Waals surface area (Å²) in [5.74, 6) is -2.08. The van der Waals surface area contributed by atoms with E-state index in [-0.39, 0.29) is 6.61 Å². The van der Waals surface area contributed by atoms with Crippen molar-refractivity contribution in [2.24, 2.45) is 0 Å². The number of ether oxygens (including phenoxy) is 1. The fourth-order valence-corrected chi connectivity index (χ4v) is 1.85. The highest BCUT2D eigenvalue weighted by Crippen LogP contribution is 2.11. The largest absolute Gasteiger partial charge is 0.748 e. The van der Waals surface area contributed by atoms with E-state index in [0.717, 1.165) is 0 Å². The minimum atomic E-state index is -4.47. The fourth-order valence-electron chi connectivity index (χ4n) is 1.48. The molecule has 22 heavy (non-hydrogen) atoms. The third-order valence-corrected chi connectivity index (χ3v) is 2.85. The molecule has 0 spiro atoms. The molecule has 122 valence electrons. The Bertz CT molecular complexity index is 600. The lowest BCUT2D eigenvalue weighted by atomic mass is 10.1. The second-order valence-electron chi connectivity index (χ2n) is 3.85. The molecular weight excluding hydrogens is 304 g/mol. The van der Waals surface area contributed by atoms with Crippen molar-refractivity contribution in [3.8, 4) is 0 Å². The number of carbonyl (C=O) groups is 1. The summed E-state index contributed by atoms with van der Waals surface area (Å²) in [4.78, 5) is 10.3. The highest BCUT2D eigenvalue weighted by molar-refractivity contribution is 7.86. The number of hydrogen-bond donors (Lipinski definition) is 0. The Morgan fingerprint density at radius 3 is 1.64 bits per heavy atom. The summed E-state index contributed by atoms with van der Waals surface area (Å²) in [5, 5.41) is 2.62. The van der Waals surface area contributed by atoms with Crippen LogP contribution in [-0.4, -0.2) is 31.3 Å². The van der Waals surface area contributed by atoms with Crippen LogP contribution in [0.25, 0.3) is 10.8 Å². The molecule has 0 unspecified atom stereocenters. The van der Waals surface area contributed by atoms with Crippen LogP contribution in [0.3, 0.4) is 0 Å². The molecule has 0 saturated heterocycles. The molecule has 2 aromatic carbocycles. The summed E-state index contributed by atoms with van der Waals surface area (Å²) in [6, 6.07) is 16.7. The van der Waals surface area contributed by atoms with Gasteiger partial charge in [-0.05, 0) is 17.7 Å². The Morgan fingerprint density at radius 1 is 1.00 bits per heavy atom. The van der Waals surface area contributed by atoms with Crippen LogP contribution in [0, 0.1) is 0 Å². The number of carbonyl (C=O) groups excluding carboxylic acids is 1. The molecule has 0 heterocycles. The first-order valence-electron chi connectivity index (χ1n) is 6.95. The van der Waals surface area contributed by atoms with Crippen molar-refractivity contribution in [1.82, 2.24) is 0 Å². The van der Waals surface area contributed by atoms with Gasteiger partial charge in [-0.25, -0.2) is 8.42 Å². The first-order chi connectivity index (χ1) is 10.4. The quantitative estimate of drug-likeness (QED) is 0.640. The molecule has 0 aliphatic carbocycles. The zero-order valence-electron chi connectivity index (χ0n) is 13.0. The maximum Gasteiger partial charge on any atom is 0.319 e. The molecule has 0 aliphatic heterocycles. The Morgan fingerprint density at radius 2 is 1.36 bits per heavy atom. The van der Waals surface area contributed by atoms with Gasteiger partial charge in [0.25, 0.3) is 0 Å². The minimum Gasteiger partial charge on any atom is -0.748 e. The Labute approximate surface area is 131 Å². The van der Waals surface area contributed by atoms with Gasteiger partial charge in [-0.3, -0.25) is 4.79 Å². The summed E-state index contributed by atoms with van der Waals surface area (Å²) in [7, 11) is -4.47. The lowest BCUT2D eigenvalue weighted by Crippen LogP contribution is -2.17. The lowest BCUT2D eigenvalue weighted by Gasteiger charge is -2.04. The first kappa shape index (κ1) is 20.1. The number of rotatable bonds is 3. The maximum absolute atomic E-state index is 10.3. The third-order valence-electron chi connectivity index (χ3n) is 2.26. The van der Waals surface area contributed by atoms with Crippen molar-refractivity contribution >= 4 is 26.9 Å². The summed E-state index contributed by atoms with van der Waals surface area (Å²) < 4.78 is 33.8. The van der Waals surface area contributed by atoms with E-state index >= 15 is 0 Å². The Kier molecular flexibility index (Phi) is 9.82. The van der Waals surface area contributed by atoms with Crippen molar-refractivity contribution in [2.45, 2.75) is 20.8 Å². The molecule has 5 nitrogen and oxygen atoms in total. The minimum absolute atomic E-state index is 0.0777. The normalized spacial score (nSPS) is 9.82. The van der Waals surface area contributed by atoms with Gasteiger partial charge in [0.05, 0.1) is 6.61 Å². The topological polar surface area (TPSA) is 83.5 Å². The average molecular weight is 325 g/mol. The second kappa shape index (κ2) is 10.8. The van der Waals surface area contributed by atoms with Gasteiger partial charge in [-0.2, -0.15) is 0 Å². The van der Waals surface area contributed by atoms with Gasteiger partial charge in [-0.1, -0.05) is 62.4 Å². The highest BCUT2D eigenvalue weighted by atomic mass is 32.2. The molecule has 6 heteroatoms. The van der Waals surface area contributed by atoms with Crippen LogP contribution in [0.2, 0.25) is 0 Å². The average Bonchev–Trinajstić information content (AvgIpc) is 2.48. The van der Waals surface area contributed by atoms with E-state index in [0.29, 0.717) is 0 Å². The molecule has 0 aromatic heterocycles. The smallest absolute Gasteiger partial charge is 0.319 e. The number of fused-ring (bicyclic) bond motifs is 1. The Balaban J connectivity index is 0.000000360. The van der Waals surface area contributed by atoms with E-state index in [1.807, 2.05) is 13.8 Å². The second-order valence-corrected chi connectivity index (χ2v) is 5.26. The predicted molar refractivity (Wildman–Crippen MR) is 86.5 cm³/mol. The predicted octanol–water partition coefficient (Wildman–Crippen LogP) is 2.96. The molecule has 2 aromatic rings. The van der Waals surface area contributed by atoms with Gasteiger partial charge in [0.15, 0.2) is 0 Å². The van der Waals surface area contributed by atoms with Gasteiger partial charge in [-0.15, -0.1) is 0 Å². The lowest BCUT2D eigenvalue weighted by molar-refractivity contribution is -0.140. The van der Waals surface area contributed by atoms with Crippen molar-refractivity contribution in [1.29, 1.82) is 0 Å². The standard InChI is InChI=1S/C10H8.C4H8O5S.C2H6/c1-2-6-10-8-4-3-7-9(10)5-1;1-2-9-4(5)3-10(6,7)8;1-2/h1-8H;2-3H2,1H3,(H,6,7,8);1-2H3/p-1. The third kappa shape index (κ3) is 9.10. The van der Waals surface area contributed by atoms with E-state index in [1.165, 1.54) is 17.7 Å². The molecule has 0 amide bonds. The van der Waals surface area contributed by atoms with E-state index in [4.69, 9.17) is 0 Å². The number of benzene rings is 2. The van der Waals surface area contributed by atoms with Gasteiger partial charge >= 0.3 is 5.97 Å². The zero-order valence-corrected chi connectivity index (χ0v) is 13.8. The van der Waals surface area contributed by atoms with E-state index in [9.17, 15) is 17.8 Å². The molecule has 0 bridgehead atoms. The van der Waals surface area contributed by atoms with Crippen LogP contribution in [0.4, 0.5) is 0 Å². The number of hydrogen-bond acceptors (Lipinski definition) is 5. The molecule has 2 rings (SSSR count). The summed E-state index contributed by atoms with van der Waals surface area (Å²) in [6.45, 7) is 5.60. The summed E-state index contributed by atoms with van der Waals surface area (Å²) in [5.41, 5.74) is 0. The monoisotopic (exact) mass is 325 g/mol. The molecule has 0 saturated carbocycles. The van der Waals surface area contributed by atoms with Crippen LogP contribution in [-0.2, 0) is 19.6 Å². The molecular formula is C16H21O5S-. The van der Waals surface area contributed by atoms with Gasteiger partial charge in [0.2, 0.25) is 0 Å². The maximum atomic E-state index is 10.3. The molecule has 0 radical (unpaired) electrons. The van der Waals surface area contributed by atoms with Crippen molar-refractivity contribution in [3.05, 3.63) is 48.5 Å². The van der Waals surface area contributed by atoms with Crippen molar-refractivity contribution in [2.75, 3.05) is 12.4 Å². The molecule has 0 fully saturated rings. The Hall–Kier alpha value is -1.92. The van der Waals surface area contributed by atoms with Crippen LogP contribution in [0.5, 0.6) is 0 Å².